The molecule has 4 aromatic rings. The summed E-state index contributed by atoms with van der Waals surface area (Å²) < 4.78 is 54.4. The Kier molecular flexibility index (Phi) is 7.17. The number of halogens is 3. The Balaban J connectivity index is 1.52. The van der Waals surface area contributed by atoms with Crippen molar-refractivity contribution < 1.29 is 32.5 Å². The second-order valence-corrected chi connectivity index (χ2v) is 7.63. The summed E-state index contributed by atoms with van der Waals surface area (Å²) in [6.45, 7) is 1.98. The lowest BCUT2D eigenvalue weighted by Gasteiger charge is -2.11. The van der Waals surface area contributed by atoms with Gasteiger partial charge in [-0.2, -0.15) is 0 Å². The van der Waals surface area contributed by atoms with E-state index in [0.29, 0.717) is 29.0 Å². The number of rotatable bonds is 7. The molecule has 35 heavy (non-hydrogen) atoms. The van der Waals surface area contributed by atoms with Gasteiger partial charge in [-0.3, -0.25) is 0 Å². The molecule has 0 spiro atoms. The molecule has 0 aliphatic heterocycles. The van der Waals surface area contributed by atoms with Gasteiger partial charge in [0.15, 0.2) is 11.6 Å². The fourth-order valence-electron chi connectivity index (χ4n) is 3.57. The summed E-state index contributed by atoms with van der Waals surface area (Å²) in [6, 6.07) is 19.1. The second-order valence-electron chi connectivity index (χ2n) is 7.63. The minimum absolute atomic E-state index is 0.0358. The number of aliphatic hydroxyl groups excluding tert-OH is 1. The lowest BCUT2D eigenvalue weighted by Crippen LogP contribution is -2.11. The average Bonchev–Trinajstić information content (AvgIpc) is 2.86. The predicted molar refractivity (Wildman–Crippen MR) is 126 cm³/mol. The summed E-state index contributed by atoms with van der Waals surface area (Å²) in [4.78, 5) is 12.3. The fourth-order valence-corrected chi connectivity index (χ4v) is 3.57. The molecule has 0 saturated heterocycles. The van der Waals surface area contributed by atoms with Gasteiger partial charge in [-0.15, -0.1) is 0 Å². The predicted octanol–water partition coefficient (Wildman–Crippen LogP) is 6.55. The zero-order valence-corrected chi connectivity index (χ0v) is 18.7. The molecule has 0 radical (unpaired) electrons. The Bertz CT molecular complexity index is 1350. The fraction of sp³-hybridized carbons (Fsp3) is 0.107. The minimum Gasteiger partial charge on any atom is -0.494 e. The van der Waals surface area contributed by atoms with Gasteiger partial charge < -0.3 is 14.6 Å². The molecule has 1 N–H and O–H groups in total. The van der Waals surface area contributed by atoms with E-state index in [-0.39, 0.29) is 29.0 Å². The van der Waals surface area contributed by atoms with Crippen molar-refractivity contribution in [3.05, 3.63) is 107 Å². The third-order valence-corrected chi connectivity index (χ3v) is 5.38. The number of esters is 1. The zero-order chi connectivity index (χ0) is 24.9. The van der Waals surface area contributed by atoms with Gasteiger partial charge in [0.2, 0.25) is 0 Å². The Morgan fingerprint density at radius 3 is 1.83 bits per heavy atom. The number of ether oxygens (including phenoxy) is 2. The Hall–Kier alpha value is -4.10. The van der Waals surface area contributed by atoms with Crippen LogP contribution in [0.15, 0.2) is 78.9 Å². The van der Waals surface area contributed by atoms with Crippen molar-refractivity contribution in [2.24, 2.45) is 0 Å². The van der Waals surface area contributed by atoms with Crippen LogP contribution in [0.2, 0.25) is 0 Å². The number of carbonyl (C=O) groups is 1. The van der Waals surface area contributed by atoms with Crippen molar-refractivity contribution in [1.82, 2.24) is 0 Å². The topological polar surface area (TPSA) is 55.8 Å². The van der Waals surface area contributed by atoms with Crippen LogP contribution in [0.1, 0.15) is 22.8 Å². The largest absolute Gasteiger partial charge is 0.494 e. The number of benzene rings is 4. The molecule has 0 unspecified atom stereocenters. The Labute approximate surface area is 200 Å². The molecule has 0 fully saturated rings. The first-order valence-electron chi connectivity index (χ1n) is 10.8. The van der Waals surface area contributed by atoms with Crippen LogP contribution in [0.3, 0.4) is 0 Å². The molecule has 4 rings (SSSR count). The molecule has 178 valence electrons. The maximum Gasteiger partial charge on any atom is 0.346 e. The first-order chi connectivity index (χ1) is 16.9. The van der Waals surface area contributed by atoms with Gasteiger partial charge in [0, 0.05) is 17.2 Å². The third kappa shape index (κ3) is 5.20. The molecule has 0 bridgehead atoms. The molecule has 0 saturated carbocycles. The number of hydrogen-bond donors (Lipinski definition) is 1. The number of carbonyl (C=O) groups excluding carboxylic acids is 1. The van der Waals surface area contributed by atoms with Crippen LogP contribution < -0.4 is 9.47 Å². The van der Waals surface area contributed by atoms with E-state index in [1.807, 2.05) is 0 Å². The second kappa shape index (κ2) is 10.4. The highest BCUT2D eigenvalue weighted by Crippen LogP contribution is 2.32. The smallest absolute Gasteiger partial charge is 0.346 e. The van der Waals surface area contributed by atoms with E-state index in [9.17, 15) is 18.0 Å². The highest BCUT2D eigenvalue weighted by Gasteiger charge is 2.18. The third-order valence-electron chi connectivity index (χ3n) is 5.38. The first-order valence-corrected chi connectivity index (χ1v) is 10.8. The van der Waals surface area contributed by atoms with Crippen LogP contribution in [-0.2, 0) is 6.61 Å². The van der Waals surface area contributed by atoms with E-state index in [2.05, 4.69) is 0 Å². The highest BCUT2D eigenvalue weighted by molar-refractivity contribution is 5.91. The summed E-state index contributed by atoms with van der Waals surface area (Å²) in [7, 11) is 0. The molecule has 4 nitrogen and oxygen atoms in total. The lowest BCUT2D eigenvalue weighted by atomic mass is 9.98. The highest BCUT2D eigenvalue weighted by atomic mass is 19.2. The molecular formula is C28H21F3O4. The lowest BCUT2D eigenvalue weighted by molar-refractivity contribution is 0.0730. The first kappa shape index (κ1) is 24.0. The van der Waals surface area contributed by atoms with Crippen molar-refractivity contribution in [1.29, 1.82) is 0 Å². The van der Waals surface area contributed by atoms with Gasteiger partial charge in [-0.05, 0) is 47.9 Å². The number of hydrogen-bond acceptors (Lipinski definition) is 4. The summed E-state index contributed by atoms with van der Waals surface area (Å²) in [5.41, 5.74) is 1.39. The van der Waals surface area contributed by atoms with Gasteiger partial charge in [-0.25, -0.2) is 18.0 Å². The van der Waals surface area contributed by atoms with Crippen molar-refractivity contribution in [2.75, 3.05) is 6.61 Å². The SMILES string of the molecule is CCOc1ccc(C(=O)Oc2ccc(-c3ccc(-c4ccc(CO)cc4)c(F)c3F)cc2)c(F)c1. The van der Waals surface area contributed by atoms with E-state index in [0.717, 1.165) is 6.07 Å². The molecule has 0 aliphatic carbocycles. The van der Waals surface area contributed by atoms with Gasteiger partial charge in [0.25, 0.3) is 0 Å². The van der Waals surface area contributed by atoms with Gasteiger partial charge in [0.1, 0.15) is 17.3 Å². The molecule has 0 heterocycles. The molecule has 0 amide bonds. The van der Waals surface area contributed by atoms with Crippen molar-refractivity contribution >= 4 is 5.97 Å². The van der Waals surface area contributed by atoms with Crippen LogP contribution in [-0.4, -0.2) is 17.7 Å². The summed E-state index contributed by atoms with van der Waals surface area (Å²) >= 11 is 0. The molecular weight excluding hydrogens is 457 g/mol. The monoisotopic (exact) mass is 478 g/mol. The summed E-state index contributed by atoms with van der Waals surface area (Å²) in [5.74, 6) is -3.27. The van der Waals surface area contributed by atoms with Crippen molar-refractivity contribution in [2.45, 2.75) is 13.5 Å². The molecule has 0 aromatic heterocycles. The standard InChI is InChI=1S/C28H21F3O4/c1-2-34-21-11-12-24(25(29)15-21)28(33)35-20-9-7-19(8-10-20)23-14-13-22(26(30)27(23)31)18-5-3-17(16-32)4-6-18/h3-15,32H,2,16H2,1H3. The average molecular weight is 478 g/mol. The van der Waals surface area contributed by atoms with Crippen LogP contribution in [0.5, 0.6) is 11.5 Å². The van der Waals surface area contributed by atoms with Gasteiger partial charge in [0.05, 0.1) is 18.8 Å². The zero-order valence-electron chi connectivity index (χ0n) is 18.7. The van der Waals surface area contributed by atoms with Crippen molar-refractivity contribution in [3.8, 4) is 33.8 Å². The molecule has 7 heteroatoms. The Morgan fingerprint density at radius 2 is 1.31 bits per heavy atom. The van der Waals surface area contributed by atoms with Gasteiger partial charge >= 0.3 is 5.97 Å². The summed E-state index contributed by atoms with van der Waals surface area (Å²) in [5, 5.41) is 9.14. The number of aliphatic hydroxyl groups is 1. The van der Waals surface area contributed by atoms with E-state index in [1.54, 1.807) is 31.2 Å². The van der Waals surface area contributed by atoms with Crippen LogP contribution in [0, 0.1) is 17.5 Å². The van der Waals surface area contributed by atoms with Crippen LogP contribution in [0.4, 0.5) is 13.2 Å². The van der Waals surface area contributed by atoms with Crippen LogP contribution >= 0.6 is 0 Å². The van der Waals surface area contributed by atoms with E-state index < -0.39 is 23.4 Å². The normalized spacial score (nSPS) is 10.8. The molecule has 4 aromatic carbocycles. The van der Waals surface area contributed by atoms with Crippen molar-refractivity contribution in [3.63, 3.8) is 0 Å². The Morgan fingerprint density at radius 1 is 0.771 bits per heavy atom. The van der Waals surface area contributed by atoms with Gasteiger partial charge in [-0.1, -0.05) is 48.5 Å². The van der Waals surface area contributed by atoms with E-state index >= 15 is 0 Å². The minimum atomic E-state index is -1.02. The van der Waals surface area contributed by atoms with E-state index in [1.165, 1.54) is 48.5 Å². The maximum absolute atomic E-state index is 14.9. The van der Waals surface area contributed by atoms with Crippen LogP contribution in [0.25, 0.3) is 22.3 Å². The quantitative estimate of drug-likeness (QED) is 0.242. The molecule has 0 aliphatic rings. The summed E-state index contributed by atoms with van der Waals surface area (Å²) in [6.07, 6.45) is 0. The molecule has 0 atom stereocenters. The van der Waals surface area contributed by atoms with E-state index in [4.69, 9.17) is 14.6 Å². The maximum atomic E-state index is 14.9.